The highest BCUT2D eigenvalue weighted by molar-refractivity contribution is 6.02. The van der Waals surface area contributed by atoms with Crippen LogP contribution in [0.1, 0.15) is 34.0 Å². The van der Waals surface area contributed by atoms with Crippen LogP contribution in [0.5, 0.6) is 5.75 Å². The fourth-order valence-corrected chi connectivity index (χ4v) is 3.29. The average Bonchev–Trinajstić information content (AvgIpc) is 3.06. The monoisotopic (exact) mass is 344 g/mol. The lowest BCUT2D eigenvalue weighted by molar-refractivity contribution is 0.101. The maximum atomic E-state index is 13.8. The van der Waals surface area contributed by atoms with E-state index in [-0.39, 0.29) is 11.6 Å². The Morgan fingerprint density at radius 2 is 1.54 bits per heavy atom. The Balaban J connectivity index is 1.94. The molecule has 0 N–H and O–H groups in total. The molecular weight excluding hydrogens is 327 g/mol. The van der Waals surface area contributed by atoms with E-state index in [4.69, 9.17) is 4.74 Å². The molecule has 1 heterocycles. The number of hydrogen-bond acceptors (Lipinski definition) is 2. The lowest BCUT2D eigenvalue weighted by atomic mass is 9.90. The molecule has 2 nitrogen and oxygen atoms in total. The van der Waals surface area contributed by atoms with Crippen molar-refractivity contribution in [1.82, 2.24) is 0 Å². The van der Waals surface area contributed by atoms with E-state index in [1.54, 1.807) is 13.0 Å². The van der Waals surface area contributed by atoms with Gasteiger partial charge in [-0.05, 0) is 41.8 Å². The molecule has 3 heteroatoms. The number of halogens is 1. The molecule has 0 fully saturated rings. The predicted molar refractivity (Wildman–Crippen MR) is 101 cm³/mol. The first-order valence-corrected chi connectivity index (χ1v) is 8.46. The van der Waals surface area contributed by atoms with Crippen molar-refractivity contribution < 1.29 is 13.9 Å². The quantitative estimate of drug-likeness (QED) is 0.596. The van der Waals surface area contributed by atoms with Crippen molar-refractivity contribution >= 4 is 16.9 Å². The molecular formula is C23H17FO2. The summed E-state index contributed by atoms with van der Waals surface area (Å²) in [4.78, 5) is 11.6. The van der Waals surface area contributed by atoms with Gasteiger partial charge in [-0.15, -0.1) is 0 Å². The third-order valence-corrected chi connectivity index (χ3v) is 4.58. The third-order valence-electron chi connectivity index (χ3n) is 4.58. The Kier molecular flexibility index (Phi) is 4.13. The zero-order chi connectivity index (χ0) is 18.1. The van der Waals surface area contributed by atoms with Crippen molar-refractivity contribution in [2.24, 2.45) is 0 Å². The standard InChI is InChI=1S/C23H17FO2/c1-15(25)16-7-9-18(10-8-16)23(17-5-3-2-4-6-17)21-14-26-22-12-11-19(24)13-20(21)22/h2-13H,14H2,1H3/b23-21+. The predicted octanol–water partition coefficient (Wildman–Crippen LogP) is 5.38. The van der Waals surface area contributed by atoms with Crippen LogP contribution in [0, 0.1) is 5.82 Å². The van der Waals surface area contributed by atoms with Crippen molar-refractivity contribution in [3.8, 4) is 5.75 Å². The fraction of sp³-hybridized carbons (Fsp3) is 0.0870. The maximum Gasteiger partial charge on any atom is 0.159 e. The lowest BCUT2D eigenvalue weighted by Crippen LogP contribution is -1.98. The van der Waals surface area contributed by atoms with Crippen LogP contribution in [0.2, 0.25) is 0 Å². The first kappa shape index (κ1) is 16.3. The molecule has 128 valence electrons. The Hall–Kier alpha value is -3.20. The molecule has 0 amide bonds. The summed E-state index contributed by atoms with van der Waals surface area (Å²) in [6, 6.07) is 22.1. The van der Waals surface area contributed by atoms with Gasteiger partial charge >= 0.3 is 0 Å². The van der Waals surface area contributed by atoms with Crippen molar-refractivity contribution in [2.45, 2.75) is 6.92 Å². The molecule has 0 aromatic heterocycles. The molecule has 0 saturated carbocycles. The van der Waals surface area contributed by atoms with E-state index in [0.717, 1.165) is 27.8 Å². The van der Waals surface area contributed by atoms with Gasteiger partial charge in [-0.25, -0.2) is 4.39 Å². The summed E-state index contributed by atoms with van der Waals surface area (Å²) in [6.07, 6.45) is 0. The van der Waals surface area contributed by atoms with Crippen molar-refractivity contribution in [3.63, 3.8) is 0 Å². The number of rotatable bonds is 3. The Morgan fingerprint density at radius 3 is 2.23 bits per heavy atom. The molecule has 3 aromatic rings. The Morgan fingerprint density at radius 1 is 0.885 bits per heavy atom. The van der Waals surface area contributed by atoms with Crippen molar-refractivity contribution in [2.75, 3.05) is 6.61 Å². The average molecular weight is 344 g/mol. The number of ether oxygens (including phenoxy) is 1. The number of hydrogen-bond donors (Lipinski definition) is 0. The molecule has 0 bridgehead atoms. The van der Waals surface area contributed by atoms with Crippen LogP contribution in [0.4, 0.5) is 4.39 Å². The van der Waals surface area contributed by atoms with E-state index in [1.165, 1.54) is 12.1 Å². The first-order chi connectivity index (χ1) is 12.6. The second-order valence-corrected chi connectivity index (χ2v) is 6.28. The molecule has 0 radical (unpaired) electrons. The third kappa shape index (κ3) is 2.92. The number of ketones is 1. The molecule has 0 saturated heterocycles. The van der Waals surface area contributed by atoms with Gasteiger partial charge in [-0.2, -0.15) is 0 Å². The first-order valence-electron chi connectivity index (χ1n) is 8.46. The molecule has 0 spiro atoms. The lowest BCUT2D eigenvalue weighted by Gasteiger charge is -2.13. The van der Waals surface area contributed by atoms with Crippen LogP contribution in [0.3, 0.4) is 0 Å². The van der Waals surface area contributed by atoms with E-state index in [0.29, 0.717) is 17.9 Å². The fourth-order valence-electron chi connectivity index (χ4n) is 3.29. The highest BCUT2D eigenvalue weighted by Gasteiger charge is 2.23. The number of benzene rings is 3. The summed E-state index contributed by atoms with van der Waals surface area (Å²) in [5.74, 6) is 0.434. The molecule has 1 aliphatic heterocycles. The number of fused-ring (bicyclic) bond motifs is 1. The van der Waals surface area contributed by atoms with E-state index in [2.05, 4.69) is 0 Å². The molecule has 0 atom stereocenters. The van der Waals surface area contributed by atoms with Crippen LogP contribution in [0.15, 0.2) is 72.8 Å². The van der Waals surface area contributed by atoms with Crippen molar-refractivity contribution in [3.05, 3.63) is 101 Å². The highest BCUT2D eigenvalue weighted by Crippen LogP contribution is 2.40. The van der Waals surface area contributed by atoms with Gasteiger partial charge in [0.25, 0.3) is 0 Å². The van der Waals surface area contributed by atoms with Gasteiger partial charge in [-0.3, -0.25) is 4.79 Å². The van der Waals surface area contributed by atoms with Crippen molar-refractivity contribution in [1.29, 1.82) is 0 Å². The molecule has 26 heavy (non-hydrogen) atoms. The van der Waals surface area contributed by atoms with Gasteiger partial charge in [0.05, 0.1) is 0 Å². The summed E-state index contributed by atoms with van der Waals surface area (Å²) >= 11 is 0. The smallest absolute Gasteiger partial charge is 0.159 e. The summed E-state index contributed by atoms with van der Waals surface area (Å²) in [6.45, 7) is 1.94. The minimum atomic E-state index is -0.286. The van der Waals surface area contributed by atoms with Gasteiger partial charge < -0.3 is 4.74 Å². The van der Waals surface area contributed by atoms with Gasteiger partial charge in [-0.1, -0.05) is 54.6 Å². The second kappa shape index (κ2) is 6.60. The highest BCUT2D eigenvalue weighted by atomic mass is 19.1. The second-order valence-electron chi connectivity index (χ2n) is 6.28. The van der Waals surface area contributed by atoms with E-state index < -0.39 is 0 Å². The Bertz CT molecular complexity index is 1000. The van der Waals surface area contributed by atoms with Gasteiger partial charge in [0, 0.05) is 16.7 Å². The summed E-state index contributed by atoms with van der Waals surface area (Å²) in [7, 11) is 0. The maximum absolute atomic E-state index is 13.8. The largest absolute Gasteiger partial charge is 0.488 e. The van der Waals surface area contributed by atoms with Crippen LogP contribution in [0.25, 0.3) is 11.1 Å². The van der Waals surface area contributed by atoms with Gasteiger partial charge in [0.2, 0.25) is 0 Å². The van der Waals surface area contributed by atoms with E-state index >= 15 is 0 Å². The number of Topliss-reactive ketones (excluding diaryl/α,β-unsaturated/α-hetero) is 1. The topological polar surface area (TPSA) is 26.3 Å². The van der Waals surface area contributed by atoms with Gasteiger partial charge in [0.1, 0.15) is 18.2 Å². The Labute approximate surface area is 151 Å². The van der Waals surface area contributed by atoms with Crippen LogP contribution in [-0.2, 0) is 0 Å². The zero-order valence-electron chi connectivity index (χ0n) is 14.3. The van der Waals surface area contributed by atoms with Crippen LogP contribution < -0.4 is 4.74 Å². The molecule has 3 aromatic carbocycles. The number of carbonyl (C=O) groups excluding carboxylic acids is 1. The normalized spacial score (nSPS) is 14.5. The molecule has 4 rings (SSSR count). The summed E-state index contributed by atoms with van der Waals surface area (Å²) in [5, 5.41) is 0. The summed E-state index contributed by atoms with van der Waals surface area (Å²) < 4.78 is 19.6. The zero-order valence-corrected chi connectivity index (χ0v) is 14.3. The molecule has 0 aliphatic carbocycles. The number of carbonyl (C=O) groups is 1. The van der Waals surface area contributed by atoms with Gasteiger partial charge in [0.15, 0.2) is 5.78 Å². The summed E-state index contributed by atoms with van der Waals surface area (Å²) in [5.41, 5.74) is 5.38. The SMILES string of the molecule is CC(=O)c1ccc(/C(=C2\COc3ccc(F)cc32)c2ccccc2)cc1. The minimum Gasteiger partial charge on any atom is -0.488 e. The van der Waals surface area contributed by atoms with Crippen LogP contribution in [-0.4, -0.2) is 12.4 Å². The van der Waals surface area contributed by atoms with Crippen LogP contribution >= 0.6 is 0 Å². The molecule has 0 unspecified atom stereocenters. The van der Waals surface area contributed by atoms with E-state index in [9.17, 15) is 9.18 Å². The minimum absolute atomic E-state index is 0.0297. The molecule has 1 aliphatic rings. The van der Waals surface area contributed by atoms with E-state index in [1.807, 2.05) is 54.6 Å².